The number of methoxy groups -OCH3 is 1. The van der Waals surface area contributed by atoms with Gasteiger partial charge < -0.3 is 9.64 Å². The predicted octanol–water partition coefficient (Wildman–Crippen LogP) is 2.86. The maximum Gasteiger partial charge on any atom is 0.315 e. The second-order valence-corrected chi connectivity index (χ2v) is 6.63. The third-order valence-corrected chi connectivity index (χ3v) is 5.03. The highest BCUT2D eigenvalue weighted by Crippen LogP contribution is 2.23. The van der Waals surface area contributed by atoms with Gasteiger partial charge in [0, 0.05) is 29.4 Å². The van der Waals surface area contributed by atoms with Gasteiger partial charge in [-0.1, -0.05) is 29.8 Å². The molecule has 22 heavy (non-hydrogen) atoms. The number of thioether (sulfide) groups is 1. The molecule has 0 bridgehead atoms. The molecule has 1 aliphatic heterocycles. The number of nitrogens with zero attached hydrogens (tertiary/aromatic N) is 1. The SMILES string of the molecule is COC(=O)CS[C@@H]1CCN(C(=O)/C=C/c2ccccc2Cl)C1. The van der Waals surface area contributed by atoms with Gasteiger partial charge in [0.05, 0.1) is 12.9 Å². The summed E-state index contributed by atoms with van der Waals surface area (Å²) in [4.78, 5) is 25.1. The van der Waals surface area contributed by atoms with Gasteiger partial charge >= 0.3 is 5.97 Å². The molecule has 1 amide bonds. The molecule has 1 saturated heterocycles. The second-order valence-electron chi connectivity index (χ2n) is 4.94. The first-order valence-electron chi connectivity index (χ1n) is 7.00. The normalized spacial score (nSPS) is 17.9. The molecule has 0 saturated carbocycles. The Morgan fingerprint density at radius 1 is 1.45 bits per heavy atom. The number of carbonyl (C=O) groups is 2. The minimum absolute atomic E-state index is 0.0268. The average Bonchev–Trinajstić information content (AvgIpc) is 3.00. The summed E-state index contributed by atoms with van der Waals surface area (Å²) in [7, 11) is 1.38. The van der Waals surface area contributed by atoms with Gasteiger partial charge in [-0.05, 0) is 24.1 Å². The van der Waals surface area contributed by atoms with E-state index in [-0.39, 0.29) is 17.1 Å². The molecule has 6 heteroatoms. The molecule has 0 N–H and O–H groups in total. The quantitative estimate of drug-likeness (QED) is 0.611. The van der Waals surface area contributed by atoms with Crippen LogP contribution in [0.1, 0.15) is 12.0 Å². The van der Waals surface area contributed by atoms with Crippen LogP contribution in [-0.2, 0) is 14.3 Å². The zero-order chi connectivity index (χ0) is 15.9. The molecule has 1 atom stereocenters. The number of hydrogen-bond acceptors (Lipinski definition) is 4. The molecule has 0 aromatic heterocycles. The zero-order valence-corrected chi connectivity index (χ0v) is 13.9. The van der Waals surface area contributed by atoms with Gasteiger partial charge in [0.15, 0.2) is 0 Å². The van der Waals surface area contributed by atoms with Gasteiger partial charge in [-0.3, -0.25) is 9.59 Å². The lowest BCUT2D eigenvalue weighted by Crippen LogP contribution is -2.27. The van der Waals surface area contributed by atoms with E-state index in [1.54, 1.807) is 34.9 Å². The van der Waals surface area contributed by atoms with Crippen LogP contribution >= 0.6 is 23.4 Å². The number of likely N-dealkylation sites (tertiary alicyclic amines) is 1. The largest absolute Gasteiger partial charge is 0.468 e. The van der Waals surface area contributed by atoms with Gasteiger partial charge in [0.1, 0.15) is 0 Å². The Labute approximate surface area is 139 Å². The Morgan fingerprint density at radius 3 is 2.95 bits per heavy atom. The molecule has 1 aliphatic rings. The first kappa shape index (κ1) is 16.9. The molecule has 1 heterocycles. The van der Waals surface area contributed by atoms with E-state index in [4.69, 9.17) is 11.6 Å². The summed E-state index contributed by atoms with van der Waals surface area (Å²) in [6.07, 6.45) is 4.18. The number of carbonyl (C=O) groups excluding carboxylic acids is 2. The van der Waals surface area contributed by atoms with Crippen LogP contribution in [0.4, 0.5) is 0 Å². The summed E-state index contributed by atoms with van der Waals surface area (Å²) in [5, 5.41) is 0.913. The molecule has 0 spiro atoms. The van der Waals surface area contributed by atoms with E-state index < -0.39 is 0 Å². The van der Waals surface area contributed by atoms with Crippen LogP contribution in [0.25, 0.3) is 6.08 Å². The smallest absolute Gasteiger partial charge is 0.315 e. The third kappa shape index (κ3) is 4.78. The average molecular weight is 340 g/mol. The molecular weight excluding hydrogens is 322 g/mol. The predicted molar refractivity (Wildman–Crippen MR) is 89.9 cm³/mol. The number of ether oxygens (including phenoxy) is 1. The fourth-order valence-corrected chi connectivity index (χ4v) is 3.43. The van der Waals surface area contributed by atoms with Crippen LogP contribution in [0, 0.1) is 0 Å². The molecule has 1 fully saturated rings. The highest BCUT2D eigenvalue weighted by atomic mass is 35.5. The summed E-state index contributed by atoms with van der Waals surface area (Å²) in [5.41, 5.74) is 0.827. The van der Waals surface area contributed by atoms with Crippen molar-refractivity contribution in [1.82, 2.24) is 4.90 Å². The number of esters is 1. The topological polar surface area (TPSA) is 46.6 Å². The summed E-state index contributed by atoms with van der Waals surface area (Å²) >= 11 is 7.59. The van der Waals surface area contributed by atoms with Crippen molar-refractivity contribution in [3.05, 3.63) is 40.9 Å². The maximum atomic E-state index is 12.2. The number of rotatable bonds is 5. The molecule has 1 aromatic rings. The van der Waals surface area contributed by atoms with Crippen molar-refractivity contribution in [2.75, 3.05) is 26.0 Å². The fraction of sp³-hybridized carbons (Fsp3) is 0.375. The summed E-state index contributed by atoms with van der Waals surface area (Å²) in [6.45, 7) is 1.37. The zero-order valence-electron chi connectivity index (χ0n) is 12.3. The standard InChI is InChI=1S/C16H18ClNO3S/c1-21-16(20)11-22-13-8-9-18(10-13)15(19)7-6-12-4-2-3-5-14(12)17/h2-7,13H,8-11H2,1H3/b7-6+/t13-/m1/s1. The minimum Gasteiger partial charge on any atom is -0.468 e. The van der Waals surface area contributed by atoms with Crippen LogP contribution < -0.4 is 0 Å². The Hall–Kier alpha value is -1.46. The highest BCUT2D eigenvalue weighted by molar-refractivity contribution is 8.00. The molecule has 0 radical (unpaired) electrons. The lowest BCUT2D eigenvalue weighted by molar-refractivity contribution is -0.137. The van der Waals surface area contributed by atoms with Crippen LogP contribution in [0.3, 0.4) is 0 Å². The lowest BCUT2D eigenvalue weighted by Gasteiger charge is -2.14. The van der Waals surface area contributed by atoms with Gasteiger partial charge in [0.2, 0.25) is 5.91 Å². The van der Waals surface area contributed by atoms with E-state index in [1.165, 1.54) is 7.11 Å². The van der Waals surface area contributed by atoms with Crippen LogP contribution in [-0.4, -0.2) is 48.0 Å². The van der Waals surface area contributed by atoms with Crippen LogP contribution in [0.5, 0.6) is 0 Å². The maximum absolute atomic E-state index is 12.2. The van der Waals surface area contributed by atoms with E-state index in [0.717, 1.165) is 12.0 Å². The summed E-state index contributed by atoms with van der Waals surface area (Å²) in [6, 6.07) is 7.39. The van der Waals surface area contributed by atoms with E-state index >= 15 is 0 Å². The first-order valence-corrected chi connectivity index (χ1v) is 8.42. The fourth-order valence-electron chi connectivity index (χ4n) is 2.19. The molecule has 0 unspecified atom stereocenters. The first-order chi connectivity index (χ1) is 10.6. The number of halogens is 1. The Kier molecular flexibility index (Phi) is 6.34. The van der Waals surface area contributed by atoms with Crippen LogP contribution in [0.2, 0.25) is 5.02 Å². The van der Waals surface area contributed by atoms with Crippen molar-refractivity contribution in [3.63, 3.8) is 0 Å². The lowest BCUT2D eigenvalue weighted by atomic mass is 10.2. The van der Waals surface area contributed by atoms with Gasteiger partial charge in [0.25, 0.3) is 0 Å². The number of amides is 1. The van der Waals surface area contributed by atoms with Crippen molar-refractivity contribution in [2.24, 2.45) is 0 Å². The summed E-state index contributed by atoms with van der Waals surface area (Å²) in [5.74, 6) is 0.0769. The Bertz CT molecular complexity index is 576. The van der Waals surface area contributed by atoms with Crippen molar-refractivity contribution >= 4 is 41.3 Å². The van der Waals surface area contributed by atoms with E-state index in [0.29, 0.717) is 23.9 Å². The minimum atomic E-state index is -0.228. The van der Waals surface area contributed by atoms with E-state index in [2.05, 4.69) is 4.74 Å². The van der Waals surface area contributed by atoms with Gasteiger partial charge in [-0.25, -0.2) is 0 Å². The Balaban J connectivity index is 1.84. The van der Waals surface area contributed by atoms with Gasteiger partial charge in [-0.2, -0.15) is 0 Å². The van der Waals surface area contributed by atoms with Crippen LogP contribution in [0.15, 0.2) is 30.3 Å². The molecule has 118 valence electrons. The van der Waals surface area contributed by atoms with Crippen molar-refractivity contribution in [2.45, 2.75) is 11.7 Å². The molecule has 2 rings (SSSR count). The van der Waals surface area contributed by atoms with Crippen molar-refractivity contribution in [3.8, 4) is 0 Å². The highest BCUT2D eigenvalue weighted by Gasteiger charge is 2.25. The van der Waals surface area contributed by atoms with Gasteiger partial charge in [-0.15, -0.1) is 11.8 Å². The van der Waals surface area contributed by atoms with E-state index in [1.807, 2.05) is 18.2 Å². The van der Waals surface area contributed by atoms with Crippen molar-refractivity contribution < 1.29 is 14.3 Å². The second kappa shape index (κ2) is 8.25. The molecule has 4 nitrogen and oxygen atoms in total. The number of hydrogen-bond donors (Lipinski definition) is 0. The Morgan fingerprint density at radius 2 is 2.23 bits per heavy atom. The number of benzene rings is 1. The van der Waals surface area contributed by atoms with Crippen molar-refractivity contribution in [1.29, 1.82) is 0 Å². The van der Waals surface area contributed by atoms with E-state index in [9.17, 15) is 9.59 Å². The molecule has 0 aliphatic carbocycles. The molecular formula is C16H18ClNO3S. The monoisotopic (exact) mass is 339 g/mol. The summed E-state index contributed by atoms with van der Waals surface area (Å²) < 4.78 is 4.62. The molecule has 1 aromatic carbocycles. The third-order valence-electron chi connectivity index (χ3n) is 3.43.